The lowest BCUT2D eigenvalue weighted by molar-refractivity contribution is -0.384. The Morgan fingerprint density at radius 1 is 1.13 bits per heavy atom. The van der Waals surface area contributed by atoms with E-state index in [1.165, 1.54) is 12.1 Å². The van der Waals surface area contributed by atoms with E-state index in [1.807, 2.05) is 6.07 Å². The first-order valence-corrected chi connectivity index (χ1v) is 4.50. The van der Waals surface area contributed by atoms with Gasteiger partial charge in [-0.05, 0) is 17.2 Å². The fourth-order valence-corrected chi connectivity index (χ4v) is 1.36. The van der Waals surface area contributed by atoms with Crippen LogP contribution >= 0.6 is 0 Å². The van der Waals surface area contributed by atoms with Crippen LogP contribution in [0.2, 0.25) is 0 Å². The van der Waals surface area contributed by atoms with Crippen molar-refractivity contribution in [2.45, 2.75) is 6.42 Å². The number of nitro benzene ring substituents is 1. The highest BCUT2D eigenvalue weighted by Gasteiger charge is 2.04. The molecule has 0 radical (unpaired) electrons. The molecule has 1 aromatic carbocycles. The van der Waals surface area contributed by atoms with Gasteiger partial charge in [0.05, 0.1) is 17.4 Å². The molecule has 0 atom stereocenters. The van der Waals surface area contributed by atoms with Gasteiger partial charge in [0, 0.05) is 18.6 Å². The molecule has 4 heteroatoms. The van der Waals surface area contributed by atoms with Crippen molar-refractivity contribution in [1.82, 2.24) is 0 Å². The van der Waals surface area contributed by atoms with Gasteiger partial charge in [0.15, 0.2) is 0 Å². The fraction of sp³-hybridized carbons (Fsp3) is 0.0909. The van der Waals surface area contributed by atoms with E-state index in [-0.39, 0.29) is 5.69 Å². The molecule has 0 saturated carbocycles. The highest BCUT2D eigenvalue weighted by molar-refractivity contribution is 5.34. The predicted octanol–water partition coefficient (Wildman–Crippen LogP) is 2.78. The summed E-state index contributed by atoms with van der Waals surface area (Å²) in [6, 6.07) is 8.41. The van der Waals surface area contributed by atoms with Crippen LogP contribution in [0.25, 0.3) is 0 Å². The Labute approximate surface area is 86.3 Å². The van der Waals surface area contributed by atoms with E-state index in [2.05, 4.69) is 0 Å². The zero-order chi connectivity index (χ0) is 10.7. The number of nitrogens with zero attached hydrogens (tertiary/aromatic N) is 1. The van der Waals surface area contributed by atoms with E-state index in [9.17, 15) is 10.1 Å². The second kappa shape index (κ2) is 3.96. The highest BCUT2D eigenvalue weighted by atomic mass is 16.6. The summed E-state index contributed by atoms with van der Waals surface area (Å²) in [6.07, 6.45) is 4.01. The lowest BCUT2D eigenvalue weighted by atomic mass is 10.1. The summed E-state index contributed by atoms with van der Waals surface area (Å²) >= 11 is 0. The maximum absolute atomic E-state index is 10.4. The Kier molecular flexibility index (Phi) is 2.49. The average molecular weight is 203 g/mol. The fourth-order valence-electron chi connectivity index (χ4n) is 1.36. The van der Waals surface area contributed by atoms with Crippen molar-refractivity contribution in [2.24, 2.45) is 0 Å². The zero-order valence-electron chi connectivity index (χ0n) is 7.92. The average Bonchev–Trinajstić information content (AvgIpc) is 2.71. The van der Waals surface area contributed by atoms with E-state index in [1.54, 1.807) is 24.7 Å². The summed E-state index contributed by atoms with van der Waals surface area (Å²) in [5, 5.41) is 10.4. The van der Waals surface area contributed by atoms with Crippen molar-refractivity contribution >= 4 is 5.69 Å². The Bertz CT molecular complexity index is 445. The second-order valence-corrected chi connectivity index (χ2v) is 3.23. The number of hydrogen-bond acceptors (Lipinski definition) is 3. The minimum absolute atomic E-state index is 0.117. The van der Waals surface area contributed by atoms with Crippen LogP contribution in [0.1, 0.15) is 11.1 Å². The van der Waals surface area contributed by atoms with E-state index < -0.39 is 4.92 Å². The summed E-state index contributed by atoms with van der Waals surface area (Å²) in [7, 11) is 0. The molecule has 0 N–H and O–H groups in total. The number of nitro groups is 1. The summed E-state index contributed by atoms with van der Waals surface area (Å²) in [6.45, 7) is 0. The van der Waals surface area contributed by atoms with Crippen LogP contribution in [0.4, 0.5) is 5.69 Å². The molecule has 2 rings (SSSR count). The molecule has 0 aliphatic rings. The smallest absolute Gasteiger partial charge is 0.269 e. The van der Waals surface area contributed by atoms with Gasteiger partial charge in [-0.2, -0.15) is 0 Å². The predicted molar refractivity (Wildman–Crippen MR) is 54.6 cm³/mol. The zero-order valence-corrected chi connectivity index (χ0v) is 7.92. The molecule has 0 fully saturated rings. The Morgan fingerprint density at radius 3 is 2.40 bits per heavy atom. The summed E-state index contributed by atoms with van der Waals surface area (Å²) in [5.74, 6) is 0. The van der Waals surface area contributed by atoms with Gasteiger partial charge in [-0.15, -0.1) is 0 Å². The second-order valence-electron chi connectivity index (χ2n) is 3.23. The molecule has 1 aromatic heterocycles. The van der Waals surface area contributed by atoms with E-state index in [4.69, 9.17) is 4.42 Å². The third-order valence-corrected chi connectivity index (χ3v) is 2.14. The lowest BCUT2D eigenvalue weighted by Crippen LogP contribution is -1.89. The summed E-state index contributed by atoms with van der Waals surface area (Å²) in [4.78, 5) is 10.0. The molecule has 0 amide bonds. The number of benzene rings is 1. The number of furan rings is 1. The molecule has 0 saturated heterocycles. The normalized spacial score (nSPS) is 10.1. The van der Waals surface area contributed by atoms with Gasteiger partial charge < -0.3 is 4.42 Å². The van der Waals surface area contributed by atoms with Crippen LogP contribution < -0.4 is 0 Å². The molecule has 0 aliphatic carbocycles. The van der Waals surface area contributed by atoms with Gasteiger partial charge >= 0.3 is 0 Å². The molecule has 0 unspecified atom stereocenters. The number of hydrogen-bond donors (Lipinski definition) is 0. The van der Waals surface area contributed by atoms with Gasteiger partial charge in [0.2, 0.25) is 0 Å². The van der Waals surface area contributed by atoms with Gasteiger partial charge in [-0.1, -0.05) is 12.1 Å². The first kappa shape index (κ1) is 9.45. The third kappa shape index (κ3) is 2.22. The number of non-ortho nitro benzene ring substituents is 1. The van der Waals surface area contributed by atoms with Crippen LogP contribution in [0.3, 0.4) is 0 Å². The first-order chi connectivity index (χ1) is 7.25. The molecule has 0 spiro atoms. The SMILES string of the molecule is O=[N+]([O-])c1ccc(Cc2ccoc2)cc1. The van der Waals surface area contributed by atoms with Crippen molar-refractivity contribution in [3.05, 3.63) is 64.1 Å². The van der Waals surface area contributed by atoms with E-state index >= 15 is 0 Å². The van der Waals surface area contributed by atoms with Gasteiger partial charge in [-0.25, -0.2) is 0 Å². The van der Waals surface area contributed by atoms with Crippen molar-refractivity contribution in [1.29, 1.82) is 0 Å². The number of rotatable bonds is 3. The summed E-state index contributed by atoms with van der Waals surface area (Å²) in [5.41, 5.74) is 2.21. The largest absolute Gasteiger partial charge is 0.472 e. The Balaban J connectivity index is 2.14. The molecule has 1 heterocycles. The molecule has 15 heavy (non-hydrogen) atoms. The van der Waals surface area contributed by atoms with E-state index in [0.717, 1.165) is 17.5 Å². The monoisotopic (exact) mass is 203 g/mol. The van der Waals surface area contributed by atoms with Crippen molar-refractivity contribution in [3.63, 3.8) is 0 Å². The molecule has 2 aromatic rings. The van der Waals surface area contributed by atoms with Crippen molar-refractivity contribution < 1.29 is 9.34 Å². The Hall–Kier alpha value is -2.10. The molecule has 4 nitrogen and oxygen atoms in total. The van der Waals surface area contributed by atoms with Crippen LogP contribution in [-0.4, -0.2) is 4.92 Å². The summed E-state index contributed by atoms with van der Waals surface area (Å²) < 4.78 is 4.94. The molecular formula is C11H9NO3. The Morgan fingerprint density at radius 2 is 1.87 bits per heavy atom. The first-order valence-electron chi connectivity index (χ1n) is 4.50. The maximum Gasteiger partial charge on any atom is 0.269 e. The lowest BCUT2D eigenvalue weighted by Gasteiger charge is -1.97. The van der Waals surface area contributed by atoms with Gasteiger partial charge in [0.25, 0.3) is 5.69 Å². The van der Waals surface area contributed by atoms with Gasteiger partial charge in [-0.3, -0.25) is 10.1 Å². The molecule has 0 bridgehead atoms. The van der Waals surface area contributed by atoms with Crippen molar-refractivity contribution in [3.8, 4) is 0 Å². The molecule has 0 aliphatic heterocycles. The van der Waals surface area contributed by atoms with E-state index in [0.29, 0.717) is 0 Å². The van der Waals surface area contributed by atoms with Crippen molar-refractivity contribution in [2.75, 3.05) is 0 Å². The maximum atomic E-state index is 10.4. The van der Waals surface area contributed by atoms with Crippen LogP contribution in [0.15, 0.2) is 47.3 Å². The third-order valence-electron chi connectivity index (χ3n) is 2.14. The van der Waals surface area contributed by atoms with Crippen LogP contribution in [-0.2, 0) is 6.42 Å². The molecule has 76 valence electrons. The topological polar surface area (TPSA) is 56.3 Å². The highest BCUT2D eigenvalue weighted by Crippen LogP contribution is 2.15. The standard InChI is InChI=1S/C11H9NO3/c13-12(14)11-3-1-9(2-4-11)7-10-5-6-15-8-10/h1-6,8H,7H2. The quantitative estimate of drug-likeness (QED) is 0.569. The minimum Gasteiger partial charge on any atom is -0.472 e. The van der Waals surface area contributed by atoms with Gasteiger partial charge in [0.1, 0.15) is 0 Å². The van der Waals surface area contributed by atoms with Crippen LogP contribution in [0.5, 0.6) is 0 Å². The van der Waals surface area contributed by atoms with Crippen LogP contribution in [0, 0.1) is 10.1 Å². The molecular weight excluding hydrogens is 194 g/mol. The minimum atomic E-state index is -0.401.